The van der Waals surface area contributed by atoms with Crippen molar-refractivity contribution in [2.24, 2.45) is 0 Å². The van der Waals surface area contributed by atoms with Crippen LogP contribution in [0.1, 0.15) is 33.3 Å². The van der Waals surface area contributed by atoms with Gasteiger partial charge in [-0.3, -0.25) is 4.79 Å². The van der Waals surface area contributed by atoms with Gasteiger partial charge < -0.3 is 14.8 Å². The van der Waals surface area contributed by atoms with Crippen molar-refractivity contribution in [1.29, 1.82) is 0 Å². The molecule has 0 saturated heterocycles. The fourth-order valence-electron chi connectivity index (χ4n) is 2.06. The van der Waals surface area contributed by atoms with Crippen LogP contribution in [0.2, 0.25) is 0 Å². The predicted molar refractivity (Wildman–Crippen MR) is 89.1 cm³/mol. The summed E-state index contributed by atoms with van der Waals surface area (Å²) in [4.78, 5) is 23.3. The Morgan fingerprint density at radius 2 is 1.87 bits per heavy atom. The number of hydrogen-bond donors (Lipinski definition) is 1. The molecular weight excluding hydrogens is 294 g/mol. The first-order valence-corrected chi connectivity index (χ1v) is 7.54. The van der Waals surface area contributed by atoms with Gasteiger partial charge in [-0.25, -0.2) is 4.79 Å². The molecule has 0 aromatic heterocycles. The molecule has 0 aliphatic carbocycles. The normalized spacial score (nSPS) is 13.6. The third kappa shape index (κ3) is 7.49. The Hall–Kier alpha value is -2.30. The summed E-state index contributed by atoms with van der Waals surface area (Å²) in [5, 5.41) is 2.77. The average molecular weight is 319 g/mol. The fourth-order valence-corrected chi connectivity index (χ4v) is 2.06. The van der Waals surface area contributed by atoms with Crippen LogP contribution < -0.4 is 5.32 Å². The van der Waals surface area contributed by atoms with E-state index in [0.29, 0.717) is 6.42 Å². The van der Waals surface area contributed by atoms with Crippen molar-refractivity contribution in [2.45, 2.75) is 51.9 Å². The first kappa shape index (κ1) is 18.7. The predicted octanol–water partition coefficient (Wildman–Crippen LogP) is 3.24. The molecule has 1 amide bonds. The molecule has 2 atom stereocenters. The second kappa shape index (κ2) is 8.36. The smallest absolute Gasteiger partial charge is 0.408 e. The van der Waals surface area contributed by atoms with Crippen molar-refractivity contribution >= 4 is 12.1 Å². The summed E-state index contributed by atoms with van der Waals surface area (Å²) in [5.41, 5.74) is 0.402. The highest BCUT2D eigenvalue weighted by Gasteiger charge is 2.26. The Kier molecular flexibility index (Phi) is 6.82. The van der Waals surface area contributed by atoms with Gasteiger partial charge in [0.05, 0.1) is 6.04 Å². The van der Waals surface area contributed by atoms with Crippen LogP contribution in [0.25, 0.3) is 0 Å². The van der Waals surface area contributed by atoms with Crippen LogP contribution in [0.5, 0.6) is 0 Å². The monoisotopic (exact) mass is 319 g/mol. The fraction of sp³-hybridized carbons (Fsp3) is 0.444. The first-order chi connectivity index (χ1) is 10.7. The van der Waals surface area contributed by atoms with Gasteiger partial charge in [-0.05, 0) is 38.8 Å². The molecule has 1 N–H and O–H groups in total. The van der Waals surface area contributed by atoms with Crippen molar-refractivity contribution in [2.75, 3.05) is 0 Å². The number of nitrogens with one attached hydrogen (secondary N) is 1. The third-order valence-electron chi connectivity index (χ3n) is 2.93. The number of rotatable bonds is 6. The lowest BCUT2D eigenvalue weighted by molar-refractivity contribution is -0.145. The number of carbonyl (C=O) groups is 2. The van der Waals surface area contributed by atoms with Crippen molar-refractivity contribution in [3.05, 3.63) is 48.6 Å². The zero-order valence-electron chi connectivity index (χ0n) is 14.2. The summed E-state index contributed by atoms with van der Waals surface area (Å²) in [6, 6.07) is 9.16. The number of hydrogen-bond acceptors (Lipinski definition) is 4. The van der Waals surface area contributed by atoms with Crippen LogP contribution in [0, 0.1) is 0 Å². The Labute approximate surface area is 137 Å². The molecule has 0 heterocycles. The quantitative estimate of drug-likeness (QED) is 0.646. The average Bonchev–Trinajstić information content (AvgIpc) is 2.43. The van der Waals surface area contributed by atoms with Crippen LogP contribution in [-0.2, 0) is 20.7 Å². The largest absolute Gasteiger partial charge is 0.456 e. The Bertz CT molecular complexity index is 534. The molecule has 0 bridgehead atoms. The molecule has 0 fully saturated rings. The van der Waals surface area contributed by atoms with Crippen molar-refractivity contribution in [3.8, 4) is 0 Å². The lowest BCUT2D eigenvalue weighted by atomic mass is 10.0. The summed E-state index contributed by atoms with van der Waals surface area (Å²) in [6.07, 6.45) is 0.800. The SMILES string of the molecule is C=C[C@H](OC(C)=O)[C@H](Cc1ccccc1)NC(=O)OC(C)(C)C. The molecule has 1 aromatic rings. The second-order valence-corrected chi connectivity index (χ2v) is 6.25. The van der Waals surface area contributed by atoms with E-state index in [-0.39, 0.29) is 0 Å². The van der Waals surface area contributed by atoms with Gasteiger partial charge in [0, 0.05) is 6.92 Å². The summed E-state index contributed by atoms with van der Waals surface area (Å²) in [5.74, 6) is -0.432. The Morgan fingerprint density at radius 1 is 1.26 bits per heavy atom. The van der Waals surface area contributed by atoms with E-state index in [1.165, 1.54) is 13.0 Å². The van der Waals surface area contributed by atoms with Crippen LogP contribution >= 0.6 is 0 Å². The van der Waals surface area contributed by atoms with Gasteiger partial charge in [0.1, 0.15) is 11.7 Å². The summed E-state index contributed by atoms with van der Waals surface area (Å²) in [6.45, 7) is 10.4. The summed E-state index contributed by atoms with van der Waals surface area (Å²) >= 11 is 0. The Balaban J connectivity index is 2.88. The van der Waals surface area contributed by atoms with Gasteiger partial charge in [0.25, 0.3) is 0 Å². The number of amides is 1. The molecule has 5 nitrogen and oxygen atoms in total. The molecule has 126 valence electrons. The van der Waals surface area contributed by atoms with Gasteiger partial charge in [-0.1, -0.05) is 36.9 Å². The van der Waals surface area contributed by atoms with E-state index in [0.717, 1.165) is 5.56 Å². The maximum Gasteiger partial charge on any atom is 0.408 e. The minimum atomic E-state index is -0.639. The number of alkyl carbamates (subject to hydrolysis) is 1. The molecule has 0 aliphatic heterocycles. The summed E-state index contributed by atoms with van der Waals surface area (Å²) < 4.78 is 10.5. The molecule has 5 heteroatoms. The lowest BCUT2D eigenvalue weighted by Crippen LogP contribution is -2.47. The zero-order valence-corrected chi connectivity index (χ0v) is 14.2. The number of ether oxygens (including phenoxy) is 2. The minimum absolute atomic E-state index is 0.432. The van der Waals surface area contributed by atoms with E-state index in [9.17, 15) is 9.59 Å². The molecule has 0 radical (unpaired) electrons. The highest BCUT2D eigenvalue weighted by atomic mass is 16.6. The van der Waals surface area contributed by atoms with Crippen molar-refractivity contribution < 1.29 is 19.1 Å². The van der Waals surface area contributed by atoms with Crippen molar-refractivity contribution in [1.82, 2.24) is 5.32 Å². The minimum Gasteiger partial charge on any atom is -0.456 e. The van der Waals surface area contributed by atoms with E-state index in [2.05, 4.69) is 11.9 Å². The van der Waals surface area contributed by atoms with E-state index in [1.807, 2.05) is 30.3 Å². The van der Waals surface area contributed by atoms with Gasteiger partial charge in [0.2, 0.25) is 0 Å². The van der Waals surface area contributed by atoms with E-state index >= 15 is 0 Å². The lowest BCUT2D eigenvalue weighted by Gasteiger charge is -2.27. The highest BCUT2D eigenvalue weighted by molar-refractivity contribution is 5.69. The first-order valence-electron chi connectivity index (χ1n) is 7.54. The standard InChI is InChI=1S/C18H25NO4/c1-6-16(22-13(2)20)15(12-14-10-8-7-9-11-14)19-17(21)23-18(3,4)5/h6-11,15-16H,1,12H2,2-5H3,(H,19,21)/t15-,16-/m0/s1. The van der Waals surface area contributed by atoms with E-state index in [4.69, 9.17) is 9.47 Å². The van der Waals surface area contributed by atoms with Gasteiger partial charge in [0.15, 0.2) is 0 Å². The van der Waals surface area contributed by atoms with Crippen LogP contribution in [0.4, 0.5) is 4.79 Å². The molecule has 0 aliphatic rings. The Morgan fingerprint density at radius 3 is 2.35 bits per heavy atom. The zero-order chi connectivity index (χ0) is 17.5. The maximum absolute atomic E-state index is 12.1. The number of benzene rings is 1. The molecule has 0 spiro atoms. The topological polar surface area (TPSA) is 64.6 Å². The van der Waals surface area contributed by atoms with Gasteiger partial charge in [-0.2, -0.15) is 0 Å². The van der Waals surface area contributed by atoms with Crippen LogP contribution in [0.15, 0.2) is 43.0 Å². The molecular formula is C18H25NO4. The highest BCUT2D eigenvalue weighted by Crippen LogP contribution is 2.12. The van der Waals surface area contributed by atoms with Gasteiger partial charge >= 0.3 is 12.1 Å². The summed E-state index contributed by atoms with van der Waals surface area (Å²) in [7, 11) is 0. The van der Waals surface area contributed by atoms with Crippen LogP contribution in [-0.4, -0.2) is 29.8 Å². The second-order valence-electron chi connectivity index (χ2n) is 6.25. The van der Waals surface area contributed by atoms with Crippen molar-refractivity contribution in [3.63, 3.8) is 0 Å². The molecule has 23 heavy (non-hydrogen) atoms. The molecule has 1 rings (SSSR count). The number of carbonyl (C=O) groups excluding carboxylic acids is 2. The molecule has 0 saturated carbocycles. The maximum atomic E-state index is 12.1. The third-order valence-corrected chi connectivity index (χ3v) is 2.93. The van der Waals surface area contributed by atoms with Gasteiger partial charge in [-0.15, -0.1) is 0 Å². The van der Waals surface area contributed by atoms with E-state index in [1.54, 1.807) is 20.8 Å². The number of esters is 1. The van der Waals surface area contributed by atoms with E-state index < -0.39 is 29.8 Å². The van der Waals surface area contributed by atoms with Crippen LogP contribution in [0.3, 0.4) is 0 Å². The molecule has 0 unspecified atom stereocenters. The molecule has 1 aromatic carbocycles.